The van der Waals surface area contributed by atoms with Crippen LogP contribution >= 0.6 is 0 Å². The molecule has 0 aliphatic rings. The fraction of sp³-hybridized carbons (Fsp3) is 0.550. The summed E-state index contributed by atoms with van der Waals surface area (Å²) in [5.74, 6) is 0. The summed E-state index contributed by atoms with van der Waals surface area (Å²) in [6, 6.07) is 17.3. The average molecular weight is 569 g/mol. The predicted molar refractivity (Wildman–Crippen MR) is 189 cm³/mol. The minimum atomic E-state index is 0.959. The van der Waals surface area contributed by atoms with Gasteiger partial charge in [0.05, 0.1) is 17.1 Å². The van der Waals surface area contributed by atoms with E-state index in [1.807, 2.05) is 6.21 Å². The third kappa shape index (κ3) is 16.6. The number of rotatable bonds is 24. The van der Waals surface area contributed by atoms with E-state index in [0.717, 1.165) is 74.9 Å². The quantitative estimate of drug-likeness (QED) is 0.0683. The number of hydrogen-bond donors (Lipinski definition) is 0. The maximum atomic E-state index is 5.16. The zero-order chi connectivity index (χ0) is 29.9. The van der Waals surface area contributed by atoms with E-state index >= 15 is 0 Å². The summed E-state index contributed by atoms with van der Waals surface area (Å²) in [6.07, 6.45) is 34.7. The molecule has 0 aromatic heterocycles. The van der Waals surface area contributed by atoms with Gasteiger partial charge in [-0.05, 0) is 100 Å². The number of para-hydroxylation sites is 2. The highest BCUT2D eigenvalue weighted by Gasteiger charge is 2.05. The van der Waals surface area contributed by atoms with E-state index in [1.54, 1.807) is 0 Å². The molecule has 2 aromatic carbocycles. The molecule has 0 fully saturated rings. The van der Waals surface area contributed by atoms with Crippen LogP contribution in [0.5, 0.6) is 0 Å². The van der Waals surface area contributed by atoms with Crippen molar-refractivity contribution < 1.29 is 0 Å². The standard InChI is InChI=1S/C40H60N2/c1-4-7-10-12-14-16-18-20-22-28-36-30-24-26-33-39(36)41-35-38(32-9-6-3)42-40-34-27-25-31-37(40)29-23-21-19-17-15-13-11-8-5-2/h16-19,24-27,30-31,33-35H,4-15,20-23,28-29,32H2,1-3H3/b18-16+,19-17+,41-35?,42-38?. The molecular formula is C40H60N2. The molecule has 0 amide bonds. The molecule has 0 heterocycles. The van der Waals surface area contributed by atoms with Crippen molar-refractivity contribution in [2.45, 2.75) is 143 Å². The highest BCUT2D eigenvalue weighted by Crippen LogP contribution is 2.24. The summed E-state index contributed by atoms with van der Waals surface area (Å²) in [6.45, 7) is 6.79. The first kappa shape index (κ1) is 35.5. The van der Waals surface area contributed by atoms with Gasteiger partial charge in [-0.15, -0.1) is 0 Å². The Morgan fingerprint density at radius 2 is 1.00 bits per heavy atom. The number of allylic oxidation sites excluding steroid dienone is 4. The van der Waals surface area contributed by atoms with Gasteiger partial charge in [0.25, 0.3) is 0 Å². The molecule has 42 heavy (non-hydrogen) atoms. The van der Waals surface area contributed by atoms with Crippen LogP contribution in [0.2, 0.25) is 0 Å². The number of hydrogen-bond acceptors (Lipinski definition) is 2. The molecule has 0 bridgehead atoms. The van der Waals surface area contributed by atoms with Crippen molar-refractivity contribution in [1.82, 2.24) is 0 Å². The number of benzene rings is 2. The van der Waals surface area contributed by atoms with Crippen LogP contribution in [-0.4, -0.2) is 11.9 Å². The molecule has 230 valence electrons. The summed E-state index contributed by atoms with van der Waals surface area (Å²) >= 11 is 0. The fourth-order valence-corrected chi connectivity index (χ4v) is 5.16. The zero-order valence-electron chi connectivity index (χ0n) is 27.3. The van der Waals surface area contributed by atoms with Crippen molar-refractivity contribution in [3.63, 3.8) is 0 Å². The van der Waals surface area contributed by atoms with Crippen LogP contribution in [0, 0.1) is 0 Å². The molecule has 2 rings (SSSR count). The first-order chi connectivity index (χ1) is 20.8. The average Bonchev–Trinajstić information content (AvgIpc) is 3.02. The van der Waals surface area contributed by atoms with Gasteiger partial charge in [-0.3, -0.25) is 9.98 Å². The van der Waals surface area contributed by atoms with Crippen molar-refractivity contribution in [2.24, 2.45) is 9.98 Å². The number of nitrogens with zero attached hydrogens (tertiary/aromatic N) is 2. The molecule has 0 radical (unpaired) electrons. The predicted octanol–water partition coefficient (Wildman–Crippen LogP) is 13.1. The lowest BCUT2D eigenvalue weighted by Crippen LogP contribution is -2.00. The molecule has 0 aliphatic heterocycles. The Labute approximate surface area is 259 Å². The Morgan fingerprint density at radius 1 is 0.524 bits per heavy atom. The second-order valence-corrected chi connectivity index (χ2v) is 11.6. The van der Waals surface area contributed by atoms with Gasteiger partial charge in [0.1, 0.15) is 0 Å². The molecule has 0 saturated carbocycles. The van der Waals surface area contributed by atoms with Gasteiger partial charge in [-0.1, -0.05) is 126 Å². The van der Waals surface area contributed by atoms with Crippen molar-refractivity contribution in [3.05, 3.63) is 84.0 Å². The SMILES string of the molecule is CCCCCC/C=C/CCCc1ccccc1N=CC(CCCC)=Nc1ccccc1CCC/C=C/CCCCCC. The largest absolute Gasteiger partial charge is 0.255 e. The summed E-state index contributed by atoms with van der Waals surface area (Å²) in [5, 5.41) is 0. The third-order valence-electron chi connectivity index (χ3n) is 7.80. The van der Waals surface area contributed by atoms with Crippen LogP contribution in [0.15, 0.2) is 82.8 Å². The first-order valence-corrected chi connectivity index (χ1v) is 17.4. The van der Waals surface area contributed by atoms with Crippen molar-refractivity contribution in [2.75, 3.05) is 0 Å². The molecule has 0 saturated heterocycles. The van der Waals surface area contributed by atoms with Gasteiger partial charge in [0.15, 0.2) is 0 Å². The van der Waals surface area contributed by atoms with Crippen LogP contribution in [-0.2, 0) is 12.8 Å². The van der Waals surface area contributed by atoms with E-state index in [2.05, 4.69) is 93.6 Å². The molecule has 0 atom stereocenters. The lowest BCUT2D eigenvalue weighted by atomic mass is 10.0. The minimum absolute atomic E-state index is 0.959. The molecule has 0 unspecified atom stereocenters. The van der Waals surface area contributed by atoms with Gasteiger partial charge >= 0.3 is 0 Å². The summed E-state index contributed by atoms with van der Waals surface area (Å²) in [7, 11) is 0. The van der Waals surface area contributed by atoms with Gasteiger partial charge in [-0.2, -0.15) is 0 Å². The molecule has 0 N–H and O–H groups in total. The number of aliphatic imine (C=N–C) groups is 2. The van der Waals surface area contributed by atoms with Crippen LogP contribution in [0.1, 0.15) is 141 Å². The molecule has 0 spiro atoms. The Bertz CT molecular complexity index is 1060. The van der Waals surface area contributed by atoms with Crippen molar-refractivity contribution in [3.8, 4) is 0 Å². The van der Waals surface area contributed by atoms with Crippen molar-refractivity contribution in [1.29, 1.82) is 0 Å². The topological polar surface area (TPSA) is 24.7 Å². The maximum Gasteiger partial charge on any atom is 0.0665 e. The highest BCUT2D eigenvalue weighted by atomic mass is 14.8. The molecular weight excluding hydrogens is 508 g/mol. The summed E-state index contributed by atoms with van der Waals surface area (Å²) < 4.78 is 0. The van der Waals surface area contributed by atoms with E-state index in [4.69, 9.17) is 9.98 Å². The second-order valence-electron chi connectivity index (χ2n) is 11.6. The highest BCUT2D eigenvalue weighted by molar-refractivity contribution is 6.31. The Kier molecular flexibility index (Phi) is 21.0. The third-order valence-corrected chi connectivity index (χ3v) is 7.80. The summed E-state index contributed by atoms with van der Waals surface area (Å²) in [4.78, 5) is 10.1. The zero-order valence-corrected chi connectivity index (χ0v) is 27.3. The van der Waals surface area contributed by atoms with Gasteiger partial charge in [0, 0.05) is 6.21 Å². The van der Waals surface area contributed by atoms with Gasteiger partial charge in [-0.25, -0.2) is 0 Å². The molecule has 2 heteroatoms. The van der Waals surface area contributed by atoms with Gasteiger partial charge in [0.2, 0.25) is 0 Å². The monoisotopic (exact) mass is 568 g/mol. The van der Waals surface area contributed by atoms with Crippen LogP contribution in [0.3, 0.4) is 0 Å². The van der Waals surface area contributed by atoms with E-state index in [1.165, 1.54) is 75.3 Å². The maximum absolute atomic E-state index is 5.16. The molecule has 0 aliphatic carbocycles. The number of unbranched alkanes of at least 4 members (excludes halogenated alkanes) is 11. The fourth-order valence-electron chi connectivity index (χ4n) is 5.16. The van der Waals surface area contributed by atoms with E-state index in [0.29, 0.717) is 0 Å². The van der Waals surface area contributed by atoms with Crippen LogP contribution < -0.4 is 0 Å². The number of aryl methyl sites for hydroxylation is 2. The molecule has 2 nitrogen and oxygen atoms in total. The van der Waals surface area contributed by atoms with E-state index in [-0.39, 0.29) is 0 Å². The minimum Gasteiger partial charge on any atom is -0.255 e. The second kappa shape index (κ2) is 24.8. The van der Waals surface area contributed by atoms with Crippen molar-refractivity contribution >= 4 is 23.3 Å². The van der Waals surface area contributed by atoms with E-state index in [9.17, 15) is 0 Å². The molecule has 2 aromatic rings. The lowest BCUT2D eigenvalue weighted by Gasteiger charge is -2.08. The smallest absolute Gasteiger partial charge is 0.0665 e. The van der Waals surface area contributed by atoms with Crippen LogP contribution in [0.4, 0.5) is 11.4 Å². The van der Waals surface area contributed by atoms with Crippen LogP contribution in [0.25, 0.3) is 0 Å². The summed E-state index contributed by atoms with van der Waals surface area (Å²) in [5.41, 5.74) is 5.94. The first-order valence-electron chi connectivity index (χ1n) is 17.4. The van der Waals surface area contributed by atoms with E-state index < -0.39 is 0 Å². The van der Waals surface area contributed by atoms with Gasteiger partial charge < -0.3 is 0 Å². The Morgan fingerprint density at radius 3 is 1.55 bits per heavy atom. The normalized spacial score (nSPS) is 12.4. The lowest BCUT2D eigenvalue weighted by molar-refractivity contribution is 0.673. The Balaban J connectivity index is 1.97. The Hall–Kier alpha value is -2.74.